The highest BCUT2D eigenvalue weighted by Gasteiger charge is 1.98. The summed E-state index contributed by atoms with van der Waals surface area (Å²) in [7, 11) is -4.17. The Kier molecular flexibility index (Phi) is 13.9. The summed E-state index contributed by atoms with van der Waals surface area (Å²) in [5.41, 5.74) is 5.82. The molecular weight excluding hydrogens is 242 g/mol. The quantitative estimate of drug-likeness (QED) is 0.522. The third kappa shape index (κ3) is 21.6. The topological polar surface area (TPSA) is 89.6 Å². The fourth-order valence-electron chi connectivity index (χ4n) is 1.32. The van der Waals surface area contributed by atoms with E-state index < -0.39 is 10.4 Å². The van der Waals surface area contributed by atoms with Crippen molar-refractivity contribution in [3.63, 3.8) is 0 Å². The SMILES string of the molecule is CCCCCC(N)CCC.CCOS(=O)(=O)O. The minimum Gasteiger partial charge on any atom is -0.328 e. The molecule has 0 aromatic heterocycles. The molecular formula is C11H27NO4S. The summed E-state index contributed by atoms with van der Waals surface area (Å²) in [6.45, 7) is 5.86. The number of nitrogens with two attached hydrogens (primary N) is 1. The molecule has 0 aliphatic carbocycles. The van der Waals surface area contributed by atoms with Gasteiger partial charge in [0.05, 0.1) is 6.61 Å². The molecule has 0 bridgehead atoms. The van der Waals surface area contributed by atoms with E-state index in [4.69, 9.17) is 10.3 Å². The van der Waals surface area contributed by atoms with Crippen LogP contribution in [-0.4, -0.2) is 25.6 Å². The summed E-state index contributed by atoms with van der Waals surface area (Å²) >= 11 is 0. The lowest BCUT2D eigenvalue weighted by Gasteiger charge is -2.08. The van der Waals surface area contributed by atoms with Gasteiger partial charge in [0.15, 0.2) is 0 Å². The van der Waals surface area contributed by atoms with Crippen molar-refractivity contribution < 1.29 is 17.2 Å². The van der Waals surface area contributed by atoms with Crippen molar-refractivity contribution in [3.8, 4) is 0 Å². The van der Waals surface area contributed by atoms with Crippen LogP contribution in [0.15, 0.2) is 0 Å². The summed E-state index contributed by atoms with van der Waals surface area (Å²) in [4.78, 5) is 0. The standard InChI is InChI=1S/C9H21N.C2H6O4S/c1-3-5-6-8-9(10)7-4-2;1-2-6-7(3,4)5/h9H,3-8,10H2,1-2H3;2H2,1H3,(H,3,4,5). The van der Waals surface area contributed by atoms with E-state index >= 15 is 0 Å². The Bertz CT molecular complexity index is 242. The molecule has 0 spiro atoms. The Balaban J connectivity index is 0. The van der Waals surface area contributed by atoms with Gasteiger partial charge >= 0.3 is 10.4 Å². The third-order valence-electron chi connectivity index (χ3n) is 2.10. The Hall–Kier alpha value is -0.170. The van der Waals surface area contributed by atoms with Crippen LogP contribution in [0.1, 0.15) is 59.3 Å². The van der Waals surface area contributed by atoms with Gasteiger partial charge in [-0.2, -0.15) is 8.42 Å². The highest BCUT2D eigenvalue weighted by molar-refractivity contribution is 7.80. The van der Waals surface area contributed by atoms with Crippen LogP contribution in [0.4, 0.5) is 0 Å². The van der Waals surface area contributed by atoms with Crippen LogP contribution in [0.3, 0.4) is 0 Å². The summed E-state index contributed by atoms with van der Waals surface area (Å²) in [6.07, 6.45) is 7.62. The van der Waals surface area contributed by atoms with Crippen molar-refractivity contribution in [2.24, 2.45) is 5.73 Å². The molecule has 6 heteroatoms. The Morgan fingerprint density at radius 1 is 1.12 bits per heavy atom. The molecule has 0 saturated carbocycles. The van der Waals surface area contributed by atoms with Crippen LogP contribution in [0, 0.1) is 0 Å². The minimum atomic E-state index is -4.17. The number of rotatable bonds is 8. The largest absolute Gasteiger partial charge is 0.397 e. The van der Waals surface area contributed by atoms with Gasteiger partial charge < -0.3 is 5.73 Å². The van der Waals surface area contributed by atoms with Crippen LogP contribution in [0.2, 0.25) is 0 Å². The molecule has 0 heterocycles. The van der Waals surface area contributed by atoms with Crippen molar-refractivity contribution >= 4 is 10.4 Å². The Morgan fingerprint density at radius 3 is 2.00 bits per heavy atom. The molecule has 0 aromatic carbocycles. The molecule has 0 aliphatic heterocycles. The van der Waals surface area contributed by atoms with E-state index in [1.165, 1.54) is 45.4 Å². The van der Waals surface area contributed by atoms with Crippen molar-refractivity contribution in [2.75, 3.05) is 6.61 Å². The molecule has 0 saturated heterocycles. The normalized spacial score (nSPS) is 12.8. The summed E-state index contributed by atoms with van der Waals surface area (Å²) in [5, 5.41) is 0. The number of hydrogen-bond acceptors (Lipinski definition) is 4. The average Bonchev–Trinajstić information content (AvgIpc) is 2.17. The second kappa shape index (κ2) is 12.3. The molecule has 106 valence electrons. The Morgan fingerprint density at radius 2 is 1.71 bits per heavy atom. The highest BCUT2D eigenvalue weighted by Crippen LogP contribution is 2.05. The molecule has 0 amide bonds. The van der Waals surface area contributed by atoms with Gasteiger partial charge in [0.2, 0.25) is 0 Å². The predicted octanol–water partition coefficient (Wildman–Crippen LogP) is 2.52. The molecule has 1 unspecified atom stereocenters. The zero-order valence-corrected chi connectivity index (χ0v) is 12.0. The van der Waals surface area contributed by atoms with E-state index in [-0.39, 0.29) is 6.61 Å². The molecule has 0 radical (unpaired) electrons. The minimum absolute atomic E-state index is 0.0289. The van der Waals surface area contributed by atoms with Crippen molar-refractivity contribution in [2.45, 2.75) is 65.3 Å². The van der Waals surface area contributed by atoms with Crippen molar-refractivity contribution in [3.05, 3.63) is 0 Å². The lowest BCUT2D eigenvalue weighted by atomic mass is 10.1. The molecule has 17 heavy (non-hydrogen) atoms. The van der Waals surface area contributed by atoms with Gasteiger partial charge in [-0.05, 0) is 19.8 Å². The van der Waals surface area contributed by atoms with Crippen molar-refractivity contribution in [1.29, 1.82) is 0 Å². The first-order valence-electron chi connectivity index (χ1n) is 6.24. The van der Waals surface area contributed by atoms with E-state index in [1.54, 1.807) is 0 Å². The van der Waals surface area contributed by atoms with Crippen molar-refractivity contribution in [1.82, 2.24) is 0 Å². The fraction of sp³-hybridized carbons (Fsp3) is 1.00. The zero-order valence-electron chi connectivity index (χ0n) is 11.2. The fourth-order valence-corrected chi connectivity index (χ4v) is 1.62. The van der Waals surface area contributed by atoms with E-state index in [1.807, 2.05) is 0 Å². The average molecular weight is 269 g/mol. The van der Waals surface area contributed by atoms with Gasteiger partial charge in [-0.25, -0.2) is 4.18 Å². The third-order valence-corrected chi connectivity index (χ3v) is 2.64. The van der Waals surface area contributed by atoms with Crippen LogP contribution in [-0.2, 0) is 14.6 Å². The summed E-state index contributed by atoms with van der Waals surface area (Å²) in [5.74, 6) is 0. The van der Waals surface area contributed by atoms with E-state index in [9.17, 15) is 8.42 Å². The molecule has 0 rings (SSSR count). The van der Waals surface area contributed by atoms with Gasteiger partial charge in [0.25, 0.3) is 0 Å². The summed E-state index contributed by atoms with van der Waals surface area (Å²) in [6, 6.07) is 0.469. The van der Waals surface area contributed by atoms with Gasteiger partial charge in [0, 0.05) is 6.04 Å². The molecule has 0 aliphatic rings. The van der Waals surface area contributed by atoms with Crippen LogP contribution >= 0.6 is 0 Å². The first-order valence-corrected chi connectivity index (χ1v) is 7.61. The maximum Gasteiger partial charge on any atom is 0.397 e. The van der Waals surface area contributed by atoms with E-state index in [0.29, 0.717) is 6.04 Å². The first-order chi connectivity index (χ1) is 7.87. The molecule has 5 nitrogen and oxygen atoms in total. The predicted molar refractivity (Wildman–Crippen MR) is 70.2 cm³/mol. The lowest BCUT2D eigenvalue weighted by molar-refractivity contribution is 0.283. The van der Waals surface area contributed by atoms with Crippen LogP contribution < -0.4 is 5.73 Å². The molecule has 0 aromatic rings. The van der Waals surface area contributed by atoms with E-state index in [0.717, 1.165) is 0 Å². The van der Waals surface area contributed by atoms with Gasteiger partial charge in [0.1, 0.15) is 0 Å². The Labute approximate surface area is 106 Å². The zero-order chi connectivity index (χ0) is 13.7. The maximum absolute atomic E-state index is 9.56. The van der Waals surface area contributed by atoms with Gasteiger partial charge in [-0.1, -0.05) is 39.5 Å². The molecule has 0 fully saturated rings. The molecule has 3 N–H and O–H groups in total. The smallest absolute Gasteiger partial charge is 0.328 e. The van der Waals surface area contributed by atoms with E-state index in [2.05, 4.69) is 18.0 Å². The number of hydrogen-bond donors (Lipinski definition) is 2. The van der Waals surface area contributed by atoms with Gasteiger partial charge in [-0.15, -0.1) is 0 Å². The lowest BCUT2D eigenvalue weighted by Crippen LogP contribution is -2.18. The molecule has 1 atom stereocenters. The first kappa shape index (κ1) is 19.2. The monoisotopic (exact) mass is 269 g/mol. The highest BCUT2D eigenvalue weighted by atomic mass is 32.3. The second-order valence-electron chi connectivity index (χ2n) is 3.88. The van der Waals surface area contributed by atoms with Crippen LogP contribution in [0.5, 0.6) is 0 Å². The maximum atomic E-state index is 9.56. The van der Waals surface area contributed by atoms with Crippen LogP contribution in [0.25, 0.3) is 0 Å². The summed E-state index contributed by atoms with van der Waals surface area (Å²) < 4.78 is 30.7. The second-order valence-corrected chi connectivity index (χ2v) is 4.97. The van der Waals surface area contributed by atoms with Gasteiger partial charge in [-0.3, -0.25) is 4.55 Å². The number of unbranched alkanes of at least 4 members (excludes halogenated alkanes) is 2.